The highest BCUT2D eigenvalue weighted by molar-refractivity contribution is 9.10. The number of hydrogen-bond donors (Lipinski definition) is 0. The average molecular weight is 284 g/mol. The van der Waals surface area contributed by atoms with Crippen LogP contribution in [-0.2, 0) is 4.79 Å². The maximum atomic E-state index is 9.17. The predicted molar refractivity (Wildman–Crippen MR) is 60.5 cm³/mol. The highest BCUT2D eigenvalue weighted by Gasteiger charge is 1.94. The summed E-state index contributed by atoms with van der Waals surface area (Å²) in [4.78, 5) is 9.17. The topological polar surface area (TPSA) is 17.1 Å². The quantitative estimate of drug-likeness (QED) is 0.553. The SMILES string of the molecule is CCC=O.Clc1ccc(Br)cc1Cl. The Morgan fingerprint density at radius 1 is 1.38 bits per heavy atom. The van der Waals surface area contributed by atoms with Gasteiger partial charge in [-0.05, 0) is 18.2 Å². The van der Waals surface area contributed by atoms with Crippen LogP contribution in [0, 0.1) is 0 Å². The van der Waals surface area contributed by atoms with Crippen LogP contribution in [0.1, 0.15) is 13.3 Å². The van der Waals surface area contributed by atoms with Crippen molar-refractivity contribution in [3.05, 3.63) is 32.7 Å². The normalized spacial score (nSPS) is 8.62. The third-order valence-corrected chi connectivity index (χ3v) is 2.28. The van der Waals surface area contributed by atoms with Crippen LogP contribution in [0.25, 0.3) is 0 Å². The lowest BCUT2D eigenvalue weighted by molar-refractivity contribution is -0.107. The molecule has 0 radical (unpaired) electrons. The zero-order chi connectivity index (χ0) is 10.3. The minimum absolute atomic E-state index is 0.575. The first-order chi connectivity index (χ1) is 6.11. The fourth-order valence-electron chi connectivity index (χ4n) is 0.470. The van der Waals surface area contributed by atoms with Crippen molar-refractivity contribution in [1.29, 1.82) is 0 Å². The fourth-order valence-corrected chi connectivity index (χ4v) is 1.26. The van der Waals surface area contributed by atoms with Gasteiger partial charge in [-0.2, -0.15) is 0 Å². The Hall–Kier alpha value is -0.0500. The van der Waals surface area contributed by atoms with Gasteiger partial charge in [0.2, 0.25) is 0 Å². The number of aldehydes is 1. The third-order valence-electron chi connectivity index (χ3n) is 1.05. The number of carbonyl (C=O) groups is 1. The van der Waals surface area contributed by atoms with Gasteiger partial charge in [0.15, 0.2) is 0 Å². The zero-order valence-electron chi connectivity index (χ0n) is 7.06. The third kappa shape index (κ3) is 6.08. The van der Waals surface area contributed by atoms with Crippen molar-refractivity contribution in [2.45, 2.75) is 13.3 Å². The molecule has 0 unspecified atom stereocenters. The minimum Gasteiger partial charge on any atom is -0.303 e. The Bertz CT molecular complexity index is 276. The molecule has 1 aromatic carbocycles. The smallest absolute Gasteiger partial charge is 0.119 e. The first-order valence-corrected chi connectivity index (χ1v) is 5.20. The van der Waals surface area contributed by atoms with Crippen molar-refractivity contribution in [3.63, 3.8) is 0 Å². The largest absolute Gasteiger partial charge is 0.303 e. The number of rotatable bonds is 1. The molecular formula is C9H9BrCl2O. The molecule has 0 aliphatic rings. The van der Waals surface area contributed by atoms with E-state index in [4.69, 9.17) is 23.2 Å². The van der Waals surface area contributed by atoms with Crippen LogP contribution in [-0.4, -0.2) is 6.29 Å². The summed E-state index contributed by atoms with van der Waals surface area (Å²) in [5.74, 6) is 0. The van der Waals surface area contributed by atoms with E-state index in [0.717, 1.165) is 10.8 Å². The first kappa shape index (κ1) is 12.9. The lowest BCUT2D eigenvalue weighted by Gasteiger charge is -1.93. The van der Waals surface area contributed by atoms with Crippen molar-refractivity contribution in [2.24, 2.45) is 0 Å². The van der Waals surface area contributed by atoms with Gasteiger partial charge >= 0.3 is 0 Å². The molecule has 0 bridgehead atoms. The molecule has 0 saturated heterocycles. The zero-order valence-corrected chi connectivity index (χ0v) is 10.2. The predicted octanol–water partition coefficient (Wildman–Crippen LogP) is 4.35. The summed E-state index contributed by atoms with van der Waals surface area (Å²) in [5, 5.41) is 1.16. The molecule has 0 N–H and O–H groups in total. The molecule has 0 spiro atoms. The van der Waals surface area contributed by atoms with Gasteiger partial charge in [0, 0.05) is 10.9 Å². The van der Waals surface area contributed by atoms with E-state index in [2.05, 4.69) is 15.9 Å². The van der Waals surface area contributed by atoms with E-state index in [-0.39, 0.29) is 0 Å². The van der Waals surface area contributed by atoms with Crippen LogP contribution in [0.4, 0.5) is 0 Å². The Kier molecular flexibility index (Phi) is 7.33. The maximum Gasteiger partial charge on any atom is 0.119 e. The van der Waals surface area contributed by atoms with Gasteiger partial charge in [-0.15, -0.1) is 0 Å². The van der Waals surface area contributed by atoms with Crippen molar-refractivity contribution in [2.75, 3.05) is 0 Å². The van der Waals surface area contributed by atoms with Crippen LogP contribution in [0.3, 0.4) is 0 Å². The molecule has 0 aliphatic carbocycles. The van der Waals surface area contributed by atoms with Gasteiger partial charge < -0.3 is 4.79 Å². The lowest BCUT2D eigenvalue weighted by Crippen LogP contribution is -1.66. The van der Waals surface area contributed by atoms with Crippen molar-refractivity contribution in [3.8, 4) is 0 Å². The van der Waals surface area contributed by atoms with E-state index in [9.17, 15) is 4.79 Å². The number of hydrogen-bond acceptors (Lipinski definition) is 1. The molecule has 0 heterocycles. The van der Waals surface area contributed by atoms with Crippen molar-refractivity contribution < 1.29 is 4.79 Å². The summed E-state index contributed by atoms with van der Waals surface area (Å²) in [6, 6.07) is 5.34. The summed E-state index contributed by atoms with van der Waals surface area (Å²) in [5.41, 5.74) is 0. The van der Waals surface area contributed by atoms with E-state index in [0.29, 0.717) is 16.5 Å². The molecule has 0 saturated carbocycles. The van der Waals surface area contributed by atoms with Crippen LogP contribution in [0.15, 0.2) is 22.7 Å². The molecule has 13 heavy (non-hydrogen) atoms. The van der Waals surface area contributed by atoms with E-state index in [1.807, 2.05) is 13.0 Å². The fraction of sp³-hybridized carbons (Fsp3) is 0.222. The summed E-state index contributed by atoms with van der Waals surface area (Å²) in [7, 11) is 0. The second-order valence-corrected chi connectivity index (χ2v) is 3.86. The Labute approximate surface area is 96.2 Å². The molecule has 0 aromatic heterocycles. The van der Waals surface area contributed by atoms with E-state index in [1.54, 1.807) is 12.1 Å². The molecule has 0 amide bonds. The van der Waals surface area contributed by atoms with Gasteiger partial charge in [0.25, 0.3) is 0 Å². The van der Waals surface area contributed by atoms with E-state index >= 15 is 0 Å². The Morgan fingerprint density at radius 3 is 2.23 bits per heavy atom. The number of halogens is 3. The van der Waals surface area contributed by atoms with Crippen LogP contribution in [0.2, 0.25) is 10.0 Å². The van der Waals surface area contributed by atoms with Gasteiger partial charge in [0.05, 0.1) is 10.0 Å². The second-order valence-electron chi connectivity index (χ2n) is 2.13. The molecule has 0 aliphatic heterocycles. The highest BCUT2D eigenvalue weighted by atomic mass is 79.9. The molecule has 1 nitrogen and oxygen atoms in total. The van der Waals surface area contributed by atoms with E-state index in [1.165, 1.54) is 0 Å². The average Bonchev–Trinajstić information content (AvgIpc) is 2.12. The summed E-state index contributed by atoms with van der Waals surface area (Å²) < 4.78 is 0.942. The van der Waals surface area contributed by atoms with Gasteiger partial charge in [-0.25, -0.2) is 0 Å². The molecule has 0 fully saturated rings. The van der Waals surface area contributed by atoms with Gasteiger partial charge in [0.1, 0.15) is 6.29 Å². The number of benzene rings is 1. The molecule has 1 rings (SSSR count). The van der Waals surface area contributed by atoms with Crippen molar-refractivity contribution in [1.82, 2.24) is 0 Å². The molecule has 72 valence electrons. The number of carbonyl (C=O) groups excluding carboxylic acids is 1. The lowest BCUT2D eigenvalue weighted by atomic mass is 10.4. The molecule has 4 heteroatoms. The first-order valence-electron chi connectivity index (χ1n) is 3.66. The van der Waals surface area contributed by atoms with Gasteiger partial charge in [-0.3, -0.25) is 0 Å². The molecular weight excluding hydrogens is 275 g/mol. The summed E-state index contributed by atoms with van der Waals surface area (Å²) in [6.07, 6.45) is 1.51. The Morgan fingerprint density at radius 2 is 1.92 bits per heavy atom. The minimum atomic E-state index is 0.575. The van der Waals surface area contributed by atoms with Gasteiger partial charge in [-0.1, -0.05) is 46.1 Å². The summed E-state index contributed by atoms with van der Waals surface area (Å²) >= 11 is 14.5. The van der Waals surface area contributed by atoms with Crippen LogP contribution < -0.4 is 0 Å². The van der Waals surface area contributed by atoms with Crippen molar-refractivity contribution >= 4 is 45.4 Å². The highest BCUT2D eigenvalue weighted by Crippen LogP contribution is 2.24. The maximum absolute atomic E-state index is 9.17. The second kappa shape index (κ2) is 7.36. The monoisotopic (exact) mass is 282 g/mol. The van der Waals surface area contributed by atoms with Crippen LogP contribution in [0.5, 0.6) is 0 Å². The van der Waals surface area contributed by atoms with E-state index < -0.39 is 0 Å². The van der Waals surface area contributed by atoms with Crippen LogP contribution >= 0.6 is 39.1 Å². The summed E-state index contributed by atoms with van der Waals surface area (Å²) in [6.45, 7) is 1.81. The molecule has 0 atom stereocenters. The Balaban J connectivity index is 0.000000310. The standard InChI is InChI=1S/C6H3BrCl2.C3H6O/c7-4-1-2-5(8)6(9)3-4;1-2-3-4/h1-3H;3H,2H2,1H3. The molecule has 1 aromatic rings.